The first kappa shape index (κ1) is 13.5. The van der Waals surface area contributed by atoms with Crippen LogP contribution in [-0.2, 0) is 0 Å². The summed E-state index contributed by atoms with van der Waals surface area (Å²) in [5, 5.41) is 2.36. The first-order chi connectivity index (χ1) is 6.25. The molecule has 0 bridgehead atoms. The largest absolute Gasteiger partial charge is 0.369 e. The van der Waals surface area contributed by atoms with Crippen LogP contribution in [0.2, 0.25) is 0 Å². The summed E-state index contributed by atoms with van der Waals surface area (Å²) >= 11 is 0. The molecule has 0 amide bonds. The van der Waals surface area contributed by atoms with Gasteiger partial charge in [-0.15, -0.1) is 0 Å². The second kappa shape index (κ2) is 4.86. The fraction of sp³-hybridized carbons (Fsp3) is 1.00. The number of alkyl halides is 6. The Balaban J connectivity index is 4.29. The summed E-state index contributed by atoms with van der Waals surface area (Å²) in [5.41, 5.74) is 0. The SMILES string of the molecule is CCNCCC(F)(F)C(F)(F)C(F)F. The topological polar surface area (TPSA) is 12.0 Å². The van der Waals surface area contributed by atoms with Crippen molar-refractivity contribution in [1.82, 2.24) is 5.32 Å². The van der Waals surface area contributed by atoms with Crippen LogP contribution in [0.3, 0.4) is 0 Å². The van der Waals surface area contributed by atoms with Crippen LogP contribution in [-0.4, -0.2) is 31.4 Å². The van der Waals surface area contributed by atoms with Gasteiger partial charge in [0.2, 0.25) is 0 Å². The minimum absolute atomic E-state index is 0.316. The van der Waals surface area contributed by atoms with Crippen LogP contribution in [0.5, 0.6) is 0 Å². The highest BCUT2D eigenvalue weighted by atomic mass is 19.3. The standard InChI is InChI=1S/C7H11F6N/c1-2-14-4-3-6(10,11)7(12,13)5(8)9/h5,14H,2-4H2,1H3. The second-order valence-electron chi connectivity index (χ2n) is 2.73. The van der Waals surface area contributed by atoms with Crippen LogP contribution in [0, 0.1) is 0 Å². The molecule has 0 fully saturated rings. The minimum Gasteiger partial charge on any atom is -0.317 e. The lowest BCUT2D eigenvalue weighted by Crippen LogP contribution is -2.47. The zero-order valence-electron chi connectivity index (χ0n) is 7.47. The number of hydrogen-bond donors (Lipinski definition) is 1. The predicted molar refractivity (Wildman–Crippen MR) is 39.1 cm³/mol. The van der Waals surface area contributed by atoms with Crippen LogP contribution in [0.25, 0.3) is 0 Å². The van der Waals surface area contributed by atoms with Crippen LogP contribution >= 0.6 is 0 Å². The van der Waals surface area contributed by atoms with Gasteiger partial charge >= 0.3 is 18.3 Å². The van der Waals surface area contributed by atoms with Gasteiger partial charge in [-0.25, -0.2) is 8.78 Å². The maximum Gasteiger partial charge on any atom is 0.369 e. The Labute approximate surface area is 77.5 Å². The van der Waals surface area contributed by atoms with Crippen LogP contribution in [0.1, 0.15) is 13.3 Å². The van der Waals surface area contributed by atoms with E-state index in [1.165, 1.54) is 0 Å². The van der Waals surface area contributed by atoms with Gasteiger partial charge in [0, 0.05) is 13.0 Å². The lowest BCUT2D eigenvalue weighted by atomic mass is 10.1. The van der Waals surface area contributed by atoms with Gasteiger partial charge in [0.1, 0.15) is 0 Å². The maximum atomic E-state index is 12.5. The summed E-state index contributed by atoms with van der Waals surface area (Å²) in [5.74, 6) is -9.94. The molecule has 0 aromatic heterocycles. The highest BCUT2D eigenvalue weighted by Gasteiger charge is 2.62. The molecule has 7 heteroatoms. The Bertz CT molecular complexity index is 170. The zero-order valence-corrected chi connectivity index (χ0v) is 7.47. The van der Waals surface area contributed by atoms with E-state index in [1.54, 1.807) is 6.92 Å². The van der Waals surface area contributed by atoms with E-state index in [2.05, 4.69) is 5.32 Å². The normalized spacial score (nSPS) is 13.7. The van der Waals surface area contributed by atoms with Gasteiger partial charge in [0.25, 0.3) is 0 Å². The van der Waals surface area contributed by atoms with Crippen molar-refractivity contribution in [2.24, 2.45) is 0 Å². The molecule has 0 spiro atoms. The molecule has 0 unspecified atom stereocenters. The molecule has 0 aliphatic heterocycles. The summed E-state index contributed by atoms with van der Waals surface area (Å²) in [6.45, 7) is 1.48. The summed E-state index contributed by atoms with van der Waals surface area (Å²) in [6, 6.07) is 0. The van der Waals surface area contributed by atoms with Crippen molar-refractivity contribution in [1.29, 1.82) is 0 Å². The quantitative estimate of drug-likeness (QED) is 0.539. The first-order valence-electron chi connectivity index (χ1n) is 4.00. The molecular weight excluding hydrogens is 212 g/mol. The molecule has 0 rings (SSSR count). The molecule has 86 valence electrons. The van der Waals surface area contributed by atoms with Gasteiger partial charge < -0.3 is 5.32 Å². The molecule has 0 heterocycles. The van der Waals surface area contributed by atoms with Gasteiger partial charge in [0.05, 0.1) is 0 Å². The van der Waals surface area contributed by atoms with E-state index in [0.717, 1.165) is 0 Å². The van der Waals surface area contributed by atoms with Crippen LogP contribution < -0.4 is 5.32 Å². The molecule has 14 heavy (non-hydrogen) atoms. The maximum absolute atomic E-state index is 12.5. The van der Waals surface area contributed by atoms with E-state index in [-0.39, 0.29) is 0 Å². The summed E-state index contributed by atoms with van der Waals surface area (Å²) < 4.78 is 72.6. The Hall–Kier alpha value is -0.460. The molecule has 0 aliphatic carbocycles. The van der Waals surface area contributed by atoms with Gasteiger partial charge in [-0.05, 0) is 6.54 Å². The first-order valence-corrected chi connectivity index (χ1v) is 4.00. The van der Waals surface area contributed by atoms with Crippen molar-refractivity contribution in [2.75, 3.05) is 13.1 Å². The van der Waals surface area contributed by atoms with E-state index >= 15 is 0 Å². The van der Waals surface area contributed by atoms with Crippen molar-refractivity contribution in [3.05, 3.63) is 0 Å². The molecule has 0 aromatic rings. The van der Waals surface area contributed by atoms with Gasteiger partial charge in [-0.2, -0.15) is 17.6 Å². The highest BCUT2D eigenvalue weighted by Crippen LogP contribution is 2.40. The lowest BCUT2D eigenvalue weighted by molar-refractivity contribution is -0.265. The van der Waals surface area contributed by atoms with E-state index in [9.17, 15) is 26.3 Å². The number of halogens is 6. The number of rotatable bonds is 6. The second-order valence-corrected chi connectivity index (χ2v) is 2.73. The molecule has 0 aromatic carbocycles. The molecule has 0 radical (unpaired) electrons. The van der Waals surface area contributed by atoms with E-state index < -0.39 is 31.2 Å². The van der Waals surface area contributed by atoms with Crippen molar-refractivity contribution in [3.63, 3.8) is 0 Å². The molecule has 0 atom stereocenters. The zero-order chi connectivity index (χ0) is 11.4. The minimum atomic E-state index is -5.26. The monoisotopic (exact) mass is 223 g/mol. The average Bonchev–Trinajstić information content (AvgIpc) is 2.04. The fourth-order valence-corrected chi connectivity index (χ4v) is 0.748. The van der Waals surface area contributed by atoms with Crippen molar-refractivity contribution in [2.45, 2.75) is 31.6 Å². The fourth-order valence-electron chi connectivity index (χ4n) is 0.748. The van der Waals surface area contributed by atoms with Crippen molar-refractivity contribution >= 4 is 0 Å². The van der Waals surface area contributed by atoms with Gasteiger partial charge in [-0.3, -0.25) is 0 Å². The van der Waals surface area contributed by atoms with Crippen molar-refractivity contribution < 1.29 is 26.3 Å². The Morgan fingerprint density at radius 2 is 1.64 bits per heavy atom. The molecule has 1 nitrogen and oxygen atoms in total. The average molecular weight is 223 g/mol. The summed E-state index contributed by atoms with van der Waals surface area (Å²) in [6.07, 6.45) is -5.66. The summed E-state index contributed by atoms with van der Waals surface area (Å²) in [7, 11) is 0. The van der Waals surface area contributed by atoms with Crippen LogP contribution in [0.15, 0.2) is 0 Å². The van der Waals surface area contributed by atoms with E-state index in [0.29, 0.717) is 6.54 Å². The smallest absolute Gasteiger partial charge is 0.317 e. The molecular formula is C7H11F6N. The number of nitrogens with one attached hydrogen (secondary N) is 1. The number of hydrogen-bond acceptors (Lipinski definition) is 1. The molecule has 0 aliphatic rings. The third kappa shape index (κ3) is 3.04. The third-order valence-corrected chi connectivity index (χ3v) is 1.63. The molecule has 1 N–H and O–H groups in total. The Morgan fingerprint density at radius 1 is 1.14 bits per heavy atom. The Kier molecular flexibility index (Phi) is 4.70. The summed E-state index contributed by atoms with van der Waals surface area (Å²) in [4.78, 5) is 0. The molecule has 0 saturated heterocycles. The third-order valence-electron chi connectivity index (χ3n) is 1.63. The van der Waals surface area contributed by atoms with Crippen LogP contribution in [0.4, 0.5) is 26.3 Å². The van der Waals surface area contributed by atoms with E-state index in [4.69, 9.17) is 0 Å². The predicted octanol–water partition coefficient (Wildman–Crippen LogP) is 2.52. The van der Waals surface area contributed by atoms with Gasteiger partial charge in [-0.1, -0.05) is 6.92 Å². The van der Waals surface area contributed by atoms with Gasteiger partial charge in [0.15, 0.2) is 0 Å². The van der Waals surface area contributed by atoms with Crippen molar-refractivity contribution in [3.8, 4) is 0 Å². The van der Waals surface area contributed by atoms with E-state index in [1.807, 2.05) is 0 Å². The lowest BCUT2D eigenvalue weighted by Gasteiger charge is -2.25. The Morgan fingerprint density at radius 3 is 2.00 bits per heavy atom. The molecule has 0 saturated carbocycles. The highest BCUT2D eigenvalue weighted by molar-refractivity contribution is 4.87.